The van der Waals surface area contributed by atoms with Crippen LogP contribution in [0.2, 0.25) is 0 Å². The molecule has 2 heterocycles. The molecule has 0 saturated heterocycles. The maximum Gasteiger partial charge on any atom is 0.256 e. The number of benzene rings is 1. The van der Waals surface area contributed by atoms with Gasteiger partial charge in [-0.1, -0.05) is 0 Å². The molecule has 0 atom stereocenters. The first-order valence-electron chi connectivity index (χ1n) is 7.65. The Labute approximate surface area is 133 Å². The van der Waals surface area contributed by atoms with Gasteiger partial charge in [-0.05, 0) is 43.5 Å². The number of rotatable bonds is 1. The highest BCUT2D eigenvalue weighted by molar-refractivity contribution is 6.35. The SMILES string of the molecule is N#Cc1c(C=C2C(=O)Nc3ccc(N)cc32)oc2c1CCCC2. The zero-order chi connectivity index (χ0) is 16.0. The Kier molecular flexibility index (Phi) is 2.98. The van der Waals surface area contributed by atoms with E-state index in [2.05, 4.69) is 11.4 Å². The van der Waals surface area contributed by atoms with Crippen LogP contribution in [0.25, 0.3) is 11.6 Å². The number of anilines is 2. The fourth-order valence-corrected chi connectivity index (χ4v) is 3.29. The Bertz CT molecular complexity index is 900. The summed E-state index contributed by atoms with van der Waals surface area (Å²) in [6, 6.07) is 7.51. The molecular formula is C18H15N3O2. The van der Waals surface area contributed by atoms with Gasteiger partial charge in [-0.25, -0.2) is 0 Å². The van der Waals surface area contributed by atoms with Gasteiger partial charge in [0, 0.05) is 28.9 Å². The maximum absolute atomic E-state index is 12.2. The molecule has 0 fully saturated rings. The minimum Gasteiger partial charge on any atom is -0.460 e. The molecule has 5 heteroatoms. The second-order valence-corrected chi connectivity index (χ2v) is 5.88. The molecule has 0 spiro atoms. The molecule has 23 heavy (non-hydrogen) atoms. The van der Waals surface area contributed by atoms with Crippen LogP contribution in [0.15, 0.2) is 22.6 Å². The number of hydrogen-bond donors (Lipinski definition) is 2. The van der Waals surface area contributed by atoms with Gasteiger partial charge < -0.3 is 15.5 Å². The Morgan fingerprint density at radius 2 is 2.13 bits per heavy atom. The van der Waals surface area contributed by atoms with Crippen molar-refractivity contribution in [3.8, 4) is 6.07 Å². The monoisotopic (exact) mass is 305 g/mol. The Morgan fingerprint density at radius 3 is 2.96 bits per heavy atom. The van der Waals surface area contributed by atoms with Crippen LogP contribution in [-0.2, 0) is 17.6 Å². The molecule has 1 aliphatic heterocycles. The molecule has 4 rings (SSSR count). The number of nitriles is 1. The summed E-state index contributed by atoms with van der Waals surface area (Å²) in [5, 5.41) is 12.3. The number of carbonyl (C=O) groups is 1. The lowest BCUT2D eigenvalue weighted by Crippen LogP contribution is -2.03. The smallest absolute Gasteiger partial charge is 0.256 e. The van der Waals surface area contributed by atoms with Crippen LogP contribution in [-0.4, -0.2) is 5.91 Å². The summed E-state index contributed by atoms with van der Waals surface area (Å²) in [5.41, 5.74) is 9.92. The first kappa shape index (κ1) is 13.6. The number of furan rings is 1. The van der Waals surface area contributed by atoms with Crippen LogP contribution >= 0.6 is 0 Å². The van der Waals surface area contributed by atoms with Gasteiger partial charge in [0.05, 0.1) is 5.57 Å². The number of fused-ring (bicyclic) bond motifs is 2. The molecule has 3 N–H and O–H groups in total. The van der Waals surface area contributed by atoms with Crippen LogP contribution in [0.4, 0.5) is 11.4 Å². The average molecular weight is 305 g/mol. The van der Waals surface area contributed by atoms with E-state index >= 15 is 0 Å². The van der Waals surface area contributed by atoms with E-state index in [1.807, 2.05) is 0 Å². The van der Waals surface area contributed by atoms with Crippen LogP contribution < -0.4 is 11.1 Å². The first-order chi connectivity index (χ1) is 11.2. The predicted octanol–water partition coefficient (Wildman–Crippen LogP) is 3.10. The van der Waals surface area contributed by atoms with E-state index < -0.39 is 0 Å². The molecule has 1 aliphatic carbocycles. The van der Waals surface area contributed by atoms with E-state index in [4.69, 9.17) is 10.2 Å². The quantitative estimate of drug-likeness (QED) is 0.625. The van der Waals surface area contributed by atoms with Crippen molar-refractivity contribution in [1.82, 2.24) is 0 Å². The van der Waals surface area contributed by atoms with Gasteiger partial charge in [0.25, 0.3) is 5.91 Å². The molecular weight excluding hydrogens is 290 g/mol. The normalized spacial score (nSPS) is 17.5. The summed E-state index contributed by atoms with van der Waals surface area (Å²) in [6.45, 7) is 0. The third kappa shape index (κ3) is 2.11. The van der Waals surface area contributed by atoms with Crippen molar-refractivity contribution >= 4 is 28.9 Å². The Balaban J connectivity index is 1.86. The standard InChI is InChI=1S/C18H15N3O2/c19-9-14-11-3-1-2-4-16(11)23-17(14)8-13-12-7-10(20)5-6-15(12)21-18(13)22/h5-8H,1-4,20H2,(H,21,22). The summed E-state index contributed by atoms with van der Waals surface area (Å²) in [4.78, 5) is 12.2. The zero-order valence-electron chi connectivity index (χ0n) is 12.5. The molecule has 2 aromatic rings. The average Bonchev–Trinajstić information content (AvgIpc) is 3.05. The molecule has 1 aromatic carbocycles. The lowest BCUT2D eigenvalue weighted by Gasteiger charge is -2.07. The van der Waals surface area contributed by atoms with Crippen molar-refractivity contribution in [1.29, 1.82) is 5.26 Å². The van der Waals surface area contributed by atoms with Crippen LogP contribution in [0.5, 0.6) is 0 Å². The number of amides is 1. The van der Waals surface area contributed by atoms with Gasteiger partial charge in [0.2, 0.25) is 0 Å². The summed E-state index contributed by atoms with van der Waals surface area (Å²) < 4.78 is 5.87. The summed E-state index contributed by atoms with van der Waals surface area (Å²) in [7, 11) is 0. The van der Waals surface area contributed by atoms with Gasteiger partial charge in [-0.3, -0.25) is 4.79 Å². The molecule has 1 aromatic heterocycles. The summed E-state index contributed by atoms with van der Waals surface area (Å²) in [6.07, 6.45) is 5.51. The van der Waals surface area contributed by atoms with E-state index in [9.17, 15) is 10.1 Å². The number of aryl methyl sites for hydroxylation is 1. The Hall–Kier alpha value is -3.00. The van der Waals surface area contributed by atoms with Crippen LogP contribution in [0.3, 0.4) is 0 Å². The van der Waals surface area contributed by atoms with Gasteiger partial charge in [-0.15, -0.1) is 0 Å². The van der Waals surface area contributed by atoms with Gasteiger partial charge in [0.15, 0.2) is 0 Å². The number of carbonyl (C=O) groups excluding carboxylic acids is 1. The minimum atomic E-state index is -0.205. The predicted molar refractivity (Wildman–Crippen MR) is 87.4 cm³/mol. The van der Waals surface area contributed by atoms with Crippen molar-refractivity contribution in [3.05, 3.63) is 46.4 Å². The molecule has 1 amide bonds. The van der Waals surface area contributed by atoms with E-state index in [1.165, 1.54) is 0 Å². The number of nitrogen functional groups attached to an aromatic ring is 1. The molecule has 0 radical (unpaired) electrons. The van der Waals surface area contributed by atoms with E-state index in [0.29, 0.717) is 22.6 Å². The van der Waals surface area contributed by atoms with Crippen molar-refractivity contribution in [2.24, 2.45) is 0 Å². The number of nitrogens with two attached hydrogens (primary N) is 1. The van der Waals surface area contributed by atoms with Crippen molar-refractivity contribution in [2.45, 2.75) is 25.7 Å². The topological polar surface area (TPSA) is 92.0 Å². The number of hydrogen-bond acceptors (Lipinski definition) is 4. The lowest BCUT2D eigenvalue weighted by atomic mass is 9.94. The second-order valence-electron chi connectivity index (χ2n) is 5.88. The molecule has 0 saturated carbocycles. The van der Waals surface area contributed by atoms with Crippen LogP contribution in [0.1, 0.15) is 41.1 Å². The lowest BCUT2D eigenvalue weighted by molar-refractivity contribution is -0.110. The zero-order valence-corrected chi connectivity index (χ0v) is 12.5. The van der Waals surface area contributed by atoms with E-state index in [1.54, 1.807) is 24.3 Å². The largest absolute Gasteiger partial charge is 0.460 e. The van der Waals surface area contributed by atoms with E-state index in [0.717, 1.165) is 48.3 Å². The third-order valence-corrected chi connectivity index (χ3v) is 4.41. The number of nitrogens with zero attached hydrogens (tertiary/aromatic N) is 1. The first-order valence-corrected chi connectivity index (χ1v) is 7.65. The maximum atomic E-state index is 12.2. The highest BCUT2D eigenvalue weighted by atomic mass is 16.3. The van der Waals surface area contributed by atoms with Crippen molar-refractivity contribution in [2.75, 3.05) is 11.1 Å². The van der Waals surface area contributed by atoms with Crippen molar-refractivity contribution < 1.29 is 9.21 Å². The number of nitrogens with one attached hydrogen (secondary N) is 1. The van der Waals surface area contributed by atoms with Gasteiger partial charge in [-0.2, -0.15) is 5.26 Å². The van der Waals surface area contributed by atoms with E-state index in [-0.39, 0.29) is 5.91 Å². The minimum absolute atomic E-state index is 0.205. The van der Waals surface area contributed by atoms with Gasteiger partial charge >= 0.3 is 0 Å². The second kappa shape index (κ2) is 5.03. The fraction of sp³-hybridized carbons (Fsp3) is 0.222. The molecule has 5 nitrogen and oxygen atoms in total. The van der Waals surface area contributed by atoms with Gasteiger partial charge in [0.1, 0.15) is 23.2 Å². The molecule has 114 valence electrons. The van der Waals surface area contributed by atoms with Crippen LogP contribution in [0, 0.1) is 11.3 Å². The highest BCUT2D eigenvalue weighted by Gasteiger charge is 2.27. The fourth-order valence-electron chi connectivity index (χ4n) is 3.29. The third-order valence-electron chi connectivity index (χ3n) is 4.41. The highest BCUT2D eigenvalue weighted by Crippen LogP contribution is 2.37. The summed E-state index contributed by atoms with van der Waals surface area (Å²) >= 11 is 0. The summed E-state index contributed by atoms with van der Waals surface area (Å²) in [5.74, 6) is 1.15. The molecule has 0 bridgehead atoms. The molecule has 0 unspecified atom stereocenters. The Morgan fingerprint density at radius 1 is 1.30 bits per heavy atom. The molecule has 2 aliphatic rings. The van der Waals surface area contributed by atoms with Crippen molar-refractivity contribution in [3.63, 3.8) is 0 Å².